The van der Waals surface area contributed by atoms with Crippen molar-refractivity contribution in [2.45, 2.75) is 18.4 Å². The van der Waals surface area contributed by atoms with Crippen LogP contribution in [-0.2, 0) is 16.6 Å². The van der Waals surface area contributed by atoms with Gasteiger partial charge in [-0.2, -0.15) is 0 Å². The Balaban J connectivity index is 2.36. The summed E-state index contributed by atoms with van der Waals surface area (Å²) in [6.07, 6.45) is 0. The van der Waals surface area contributed by atoms with E-state index in [4.69, 9.17) is 17.3 Å². The van der Waals surface area contributed by atoms with Crippen molar-refractivity contribution >= 4 is 27.3 Å². The molecule has 0 atom stereocenters. The largest absolute Gasteiger partial charge is 0.326 e. The highest BCUT2D eigenvalue weighted by atomic mass is 35.5. The summed E-state index contributed by atoms with van der Waals surface area (Å²) in [7, 11) is -3.84. The van der Waals surface area contributed by atoms with Crippen molar-refractivity contribution in [2.24, 2.45) is 5.73 Å². The number of nitrogens with two attached hydrogens (primary N) is 1. The number of hydrogen-bond donors (Lipinski definition) is 2. The first-order chi connectivity index (χ1) is 9.83. The van der Waals surface area contributed by atoms with Crippen LogP contribution in [-0.4, -0.2) is 8.42 Å². The van der Waals surface area contributed by atoms with Gasteiger partial charge in [-0.15, -0.1) is 0 Å². The lowest BCUT2D eigenvalue weighted by atomic mass is 10.2. The van der Waals surface area contributed by atoms with Crippen LogP contribution < -0.4 is 10.5 Å². The van der Waals surface area contributed by atoms with Gasteiger partial charge in [-0.05, 0) is 48.4 Å². The van der Waals surface area contributed by atoms with E-state index in [0.29, 0.717) is 5.56 Å². The van der Waals surface area contributed by atoms with Gasteiger partial charge in [0, 0.05) is 12.2 Å². The molecule has 2 aromatic rings. The van der Waals surface area contributed by atoms with Crippen LogP contribution in [0.15, 0.2) is 41.3 Å². The fourth-order valence-corrected chi connectivity index (χ4v) is 3.43. The Labute approximate surface area is 127 Å². The molecule has 3 N–H and O–H groups in total. The van der Waals surface area contributed by atoms with Gasteiger partial charge >= 0.3 is 0 Å². The second kappa shape index (κ2) is 6.01. The monoisotopic (exact) mass is 328 g/mol. The van der Waals surface area contributed by atoms with Crippen molar-refractivity contribution in [1.82, 2.24) is 0 Å². The molecule has 21 heavy (non-hydrogen) atoms. The number of sulfonamides is 1. The minimum atomic E-state index is -3.84. The number of benzene rings is 2. The molecular formula is C14H14ClFN2O2S. The zero-order valence-electron chi connectivity index (χ0n) is 11.2. The van der Waals surface area contributed by atoms with E-state index in [0.717, 1.165) is 5.56 Å². The molecule has 0 bridgehead atoms. The van der Waals surface area contributed by atoms with E-state index in [-0.39, 0.29) is 22.2 Å². The third-order valence-corrected chi connectivity index (χ3v) is 4.80. The summed E-state index contributed by atoms with van der Waals surface area (Å²) in [5.41, 5.74) is 6.82. The second-order valence-corrected chi connectivity index (χ2v) is 6.60. The van der Waals surface area contributed by atoms with E-state index in [2.05, 4.69) is 4.72 Å². The van der Waals surface area contributed by atoms with E-state index in [1.54, 1.807) is 13.0 Å². The summed E-state index contributed by atoms with van der Waals surface area (Å²) in [5.74, 6) is -0.400. The van der Waals surface area contributed by atoms with Crippen molar-refractivity contribution in [3.05, 3.63) is 58.4 Å². The summed E-state index contributed by atoms with van der Waals surface area (Å²) in [6.45, 7) is 1.82. The average Bonchev–Trinajstić information content (AvgIpc) is 2.42. The fraction of sp³-hybridized carbons (Fsp3) is 0.143. The van der Waals surface area contributed by atoms with Gasteiger partial charge < -0.3 is 5.73 Å². The summed E-state index contributed by atoms with van der Waals surface area (Å²) >= 11 is 5.98. The standard InChI is InChI=1S/C14H14ClFN2O2S/c1-9-6-11(3-4-13(9)16)18-21(19,20)14-5-2-10(8-17)7-12(14)15/h2-7,18H,8,17H2,1H3. The highest BCUT2D eigenvalue weighted by molar-refractivity contribution is 7.92. The zero-order valence-corrected chi connectivity index (χ0v) is 12.8. The highest BCUT2D eigenvalue weighted by Gasteiger charge is 2.18. The number of anilines is 1. The molecule has 0 saturated carbocycles. The normalized spacial score (nSPS) is 11.4. The Morgan fingerprint density at radius 3 is 2.52 bits per heavy atom. The second-order valence-electron chi connectivity index (χ2n) is 4.54. The Morgan fingerprint density at radius 1 is 1.24 bits per heavy atom. The topological polar surface area (TPSA) is 72.2 Å². The van der Waals surface area contributed by atoms with E-state index in [9.17, 15) is 12.8 Å². The third kappa shape index (κ3) is 3.53. The van der Waals surface area contributed by atoms with Crippen LogP contribution in [0.1, 0.15) is 11.1 Å². The van der Waals surface area contributed by atoms with Gasteiger partial charge in [0.15, 0.2) is 0 Å². The Morgan fingerprint density at radius 2 is 1.95 bits per heavy atom. The molecule has 2 aromatic carbocycles. The van der Waals surface area contributed by atoms with Crippen LogP contribution in [0, 0.1) is 12.7 Å². The van der Waals surface area contributed by atoms with Crippen LogP contribution in [0.25, 0.3) is 0 Å². The van der Waals surface area contributed by atoms with E-state index in [1.807, 2.05) is 0 Å². The van der Waals surface area contributed by atoms with Gasteiger partial charge in [0.25, 0.3) is 10.0 Å². The Kier molecular flexibility index (Phi) is 4.51. The van der Waals surface area contributed by atoms with Crippen molar-refractivity contribution in [3.63, 3.8) is 0 Å². The first-order valence-electron chi connectivity index (χ1n) is 6.11. The molecule has 0 fully saturated rings. The molecule has 0 aromatic heterocycles. The first-order valence-corrected chi connectivity index (χ1v) is 7.97. The SMILES string of the molecule is Cc1cc(NS(=O)(=O)c2ccc(CN)cc2Cl)ccc1F. The Bertz CT molecular complexity index is 779. The van der Waals surface area contributed by atoms with Crippen molar-refractivity contribution < 1.29 is 12.8 Å². The van der Waals surface area contributed by atoms with Crippen molar-refractivity contribution in [1.29, 1.82) is 0 Å². The molecule has 0 saturated heterocycles. The lowest BCUT2D eigenvalue weighted by molar-refractivity contribution is 0.601. The van der Waals surface area contributed by atoms with Crippen molar-refractivity contribution in [3.8, 4) is 0 Å². The molecule has 2 rings (SSSR count). The minimum absolute atomic E-state index is 0.0525. The quantitative estimate of drug-likeness (QED) is 0.906. The summed E-state index contributed by atoms with van der Waals surface area (Å²) in [6, 6.07) is 8.45. The van der Waals surface area contributed by atoms with E-state index < -0.39 is 15.8 Å². The lowest BCUT2D eigenvalue weighted by Gasteiger charge is -2.11. The van der Waals surface area contributed by atoms with Crippen LogP contribution in [0.2, 0.25) is 5.02 Å². The van der Waals surface area contributed by atoms with Gasteiger partial charge in [-0.25, -0.2) is 12.8 Å². The van der Waals surface area contributed by atoms with E-state index >= 15 is 0 Å². The average molecular weight is 329 g/mol. The summed E-state index contributed by atoms with van der Waals surface area (Å²) < 4.78 is 40.2. The predicted octanol–water partition coefficient (Wildman–Crippen LogP) is 3.05. The van der Waals surface area contributed by atoms with Crippen LogP contribution in [0.3, 0.4) is 0 Å². The molecule has 0 radical (unpaired) electrons. The smallest absolute Gasteiger partial charge is 0.263 e. The zero-order chi connectivity index (χ0) is 15.6. The molecule has 0 aliphatic carbocycles. The van der Waals surface area contributed by atoms with Gasteiger partial charge in [-0.1, -0.05) is 17.7 Å². The van der Waals surface area contributed by atoms with Gasteiger partial charge in [0.1, 0.15) is 10.7 Å². The predicted molar refractivity (Wildman–Crippen MR) is 81.3 cm³/mol. The van der Waals surface area contributed by atoms with Crippen LogP contribution in [0.4, 0.5) is 10.1 Å². The molecule has 0 spiro atoms. The lowest BCUT2D eigenvalue weighted by Crippen LogP contribution is -2.14. The molecule has 112 valence electrons. The molecule has 0 unspecified atom stereocenters. The molecule has 0 amide bonds. The summed E-state index contributed by atoms with van der Waals surface area (Å²) in [5, 5.41) is 0.0873. The van der Waals surface area contributed by atoms with Crippen LogP contribution >= 0.6 is 11.6 Å². The van der Waals surface area contributed by atoms with Crippen molar-refractivity contribution in [2.75, 3.05) is 4.72 Å². The number of nitrogens with one attached hydrogen (secondary N) is 1. The summed E-state index contributed by atoms with van der Waals surface area (Å²) in [4.78, 5) is -0.0525. The minimum Gasteiger partial charge on any atom is -0.326 e. The van der Waals surface area contributed by atoms with Gasteiger partial charge in [0.05, 0.1) is 5.02 Å². The molecule has 7 heteroatoms. The molecule has 0 heterocycles. The van der Waals surface area contributed by atoms with Crippen LogP contribution in [0.5, 0.6) is 0 Å². The number of hydrogen-bond acceptors (Lipinski definition) is 3. The first kappa shape index (κ1) is 15.8. The maximum absolute atomic E-state index is 13.2. The molecular weight excluding hydrogens is 315 g/mol. The maximum Gasteiger partial charge on any atom is 0.263 e. The highest BCUT2D eigenvalue weighted by Crippen LogP contribution is 2.25. The number of rotatable bonds is 4. The number of halogens is 2. The Hall–Kier alpha value is -1.63. The molecule has 0 aliphatic heterocycles. The molecule has 0 aliphatic rings. The van der Waals surface area contributed by atoms with Gasteiger partial charge in [0.2, 0.25) is 0 Å². The van der Waals surface area contributed by atoms with E-state index in [1.165, 1.54) is 30.3 Å². The number of aryl methyl sites for hydroxylation is 1. The maximum atomic E-state index is 13.2. The molecule has 4 nitrogen and oxygen atoms in total. The van der Waals surface area contributed by atoms with Gasteiger partial charge in [-0.3, -0.25) is 4.72 Å². The fourth-order valence-electron chi connectivity index (χ4n) is 1.81. The third-order valence-electron chi connectivity index (χ3n) is 2.93.